The van der Waals surface area contributed by atoms with Gasteiger partial charge >= 0.3 is 0 Å². The maximum absolute atomic E-state index is 3.61. The van der Waals surface area contributed by atoms with Gasteiger partial charge in [-0.3, -0.25) is 4.90 Å². The van der Waals surface area contributed by atoms with Crippen molar-refractivity contribution in [2.75, 3.05) is 26.2 Å². The summed E-state index contributed by atoms with van der Waals surface area (Å²) >= 11 is 0. The third-order valence-electron chi connectivity index (χ3n) is 3.61. The van der Waals surface area contributed by atoms with Crippen LogP contribution in [0.25, 0.3) is 0 Å². The van der Waals surface area contributed by atoms with Gasteiger partial charge in [0.1, 0.15) is 0 Å². The lowest BCUT2D eigenvalue weighted by Crippen LogP contribution is -2.47. The maximum atomic E-state index is 3.61. The van der Waals surface area contributed by atoms with Crippen molar-refractivity contribution in [2.24, 2.45) is 11.8 Å². The molecule has 0 aromatic rings. The fraction of sp³-hybridized carbons (Fsp3) is 0.867. The first-order chi connectivity index (χ1) is 8.00. The Hall–Kier alpha value is -0.340. The third-order valence-corrected chi connectivity index (χ3v) is 3.61. The van der Waals surface area contributed by atoms with Gasteiger partial charge in [-0.05, 0) is 31.7 Å². The molecule has 100 valence electrons. The van der Waals surface area contributed by atoms with Gasteiger partial charge in [0.15, 0.2) is 0 Å². The van der Waals surface area contributed by atoms with Crippen LogP contribution in [0.5, 0.6) is 0 Å². The molecule has 0 saturated heterocycles. The molecule has 0 spiro atoms. The zero-order valence-electron chi connectivity index (χ0n) is 12.3. The van der Waals surface area contributed by atoms with E-state index in [4.69, 9.17) is 0 Å². The Kier molecular flexibility index (Phi) is 6.21. The highest BCUT2D eigenvalue weighted by Gasteiger charge is 2.22. The Morgan fingerprint density at radius 2 is 1.94 bits per heavy atom. The minimum Gasteiger partial charge on any atom is -0.315 e. The molecule has 1 heterocycles. The molecule has 0 aromatic heterocycles. The van der Waals surface area contributed by atoms with E-state index in [0.29, 0.717) is 6.04 Å². The molecule has 1 rings (SSSR count). The first kappa shape index (κ1) is 14.7. The molecule has 0 saturated carbocycles. The van der Waals surface area contributed by atoms with E-state index in [1.165, 1.54) is 13.0 Å². The molecule has 1 N–H and O–H groups in total. The van der Waals surface area contributed by atoms with Crippen LogP contribution in [0.15, 0.2) is 11.6 Å². The molecule has 0 aromatic carbocycles. The zero-order valence-corrected chi connectivity index (χ0v) is 12.3. The summed E-state index contributed by atoms with van der Waals surface area (Å²) in [5.41, 5.74) is 1.55. The van der Waals surface area contributed by atoms with Crippen LogP contribution in [-0.2, 0) is 0 Å². The highest BCUT2D eigenvalue weighted by Crippen LogP contribution is 2.17. The van der Waals surface area contributed by atoms with E-state index in [9.17, 15) is 0 Å². The van der Waals surface area contributed by atoms with Crippen molar-refractivity contribution in [3.8, 4) is 0 Å². The largest absolute Gasteiger partial charge is 0.315 e. The first-order valence-electron chi connectivity index (χ1n) is 7.11. The molecule has 1 atom stereocenters. The average molecular weight is 238 g/mol. The number of nitrogens with one attached hydrogen (secondary N) is 1. The fourth-order valence-electron chi connectivity index (χ4n) is 2.39. The Labute approximate surface area is 107 Å². The normalized spacial score (nSPS) is 19.8. The second kappa shape index (κ2) is 7.17. The van der Waals surface area contributed by atoms with Gasteiger partial charge in [-0.25, -0.2) is 0 Å². The molecule has 0 amide bonds. The van der Waals surface area contributed by atoms with Gasteiger partial charge in [0, 0.05) is 25.7 Å². The molecule has 0 bridgehead atoms. The first-order valence-corrected chi connectivity index (χ1v) is 7.11. The number of hydrogen-bond acceptors (Lipinski definition) is 2. The molecular formula is C15H30N2. The molecule has 2 nitrogen and oxygen atoms in total. The van der Waals surface area contributed by atoms with Crippen molar-refractivity contribution in [1.29, 1.82) is 0 Å². The maximum Gasteiger partial charge on any atom is 0.0247 e. The molecule has 2 heteroatoms. The molecule has 0 fully saturated rings. The van der Waals surface area contributed by atoms with Gasteiger partial charge in [0.2, 0.25) is 0 Å². The second-order valence-corrected chi connectivity index (χ2v) is 6.16. The number of rotatable bonds is 6. The summed E-state index contributed by atoms with van der Waals surface area (Å²) in [4.78, 5) is 2.63. The molecule has 0 radical (unpaired) electrons. The van der Waals surface area contributed by atoms with E-state index in [0.717, 1.165) is 31.5 Å². The van der Waals surface area contributed by atoms with Crippen molar-refractivity contribution in [2.45, 2.75) is 47.1 Å². The lowest BCUT2D eigenvalue weighted by Gasteiger charge is -2.36. The Morgan fingerprint density at radius 1 is 1.24 bits per heavy atom. The van der Waals surface area contributed by atoms with Gasteiger partial charge < -0.3 is 5.32 Å². The Balaban J connectivity index is 2.43. The van der Waals surface area contributed by atoms with E-state index in [-0.39, 0.29) is 0 Å². The van der Waals surface area contributed by atoms with E-state index in [2.05, 4.69) is 50.9 Å². The topological polar surface area (TPSA) is 15.3 Å². The summed E-state index contributed by atoms with van der Waals surface area (Å²) < 4.78 is 0. The molecule has 1 unspecified atom stereocenters. The fourth-order valence-corrected chi connectivity index (χ4v) is 2.39. The van der Waals surface area contributed by atoms with Crippen molar-refractivity contribution in [3.63, 3.8) is 0 Å². The summed E-state index contributed by atoms with van der Waals surface area (Å²) in [6.45, 7) is 16.1. The van der Waals surface area contributed by atoms with Gasteiger partial charge in [0.25, 0.3) is 0 Å². The smallest absolute Gasteiger partial charge is 0.0247 e. The Bertz CT molecular complexity index is 243. The minimum absolute atomic E-state index is 0.679. The van der Waals surface area contributed by atoms with Crippen molar-refractivity contribution in [1.82, 2.24) is 10.2 Å². The van der Waals surface area contributed by atoms with Crippen LogP contribution >= 0.6 is 0 Å². The van der Waals surface area contributed by atoms with Crippen molar-refractivity contribution in [3.05, 3.63) is 11.6 Å². The molecule has 1 aliphatic rings. The van der Waals surface area contributed by atoms with Crippen LogP contribution in [0.2, 0.25) is 0 Å². The predicted molar refractivity (Wildman–Crippen MR) is 76.3 cm³/mol. The standard InChI is InChI=1S/C15H30N2/c1-12(2)10-16-11-15(13(3)4)17-8-6-14(5)7-9-17/h6,12-13,15-16H,7-11H2,1-5H3. The van der Waals surface area contributed by atoms with Crippen LogP contribution in [0, 0.1) is 11.8 Å². The average Bonchev–Trinajstić information content (AvgIpc) is 2.25. The van der Waals surface area contributed by atoms with E-state index >= 15 is 0 Å². The van der Waals surface area contributed by atoms with Crippen molar-refractivity contribution < 1.29 is 0 Å². The summed E-state index contributed by atoms with van der Waals surface area (Å²) in [5, 5.41) is 3.61. The van der Waals surface area contributed by atoms with Crippen LogP contribution in [-0.4, -0.2) is 37.1 Å². The SMILES string of the molecule is CC1=CCN(C(CNCC(C)C)C(C)C)CC1. The summed E-state index contributed by atoms with van der Waals surface area (Å²) in [7, 11) is 0. The van der Waals surface area contributed by atoms with Crippen LogP contribution in [0.4, 0.5) is 0 Å². The quantitative estimate of drug-likeness (QED) is 0.716. The highest BCUT2D eigenvalue weighted by molar-refractivity contribution is 5.05. The third kappa shape index (κ3) is 5.22. The van der Waals surface area contributed by atoms with E-state index in [1.54, 1.807) is 5.57 Å². The number of hydrogen-bond donors (Lipinski definition) is 1. The molecule has 1 aliphatic heterocycles. The molecule has 17 heavy (non-hydrogen) atoms. The lowest BCUT2D eigenvalue weighted by atomic mass is 9.99. The van der Waals surface area contributed by atoms with Crippen molar-refractivity contribution >= 4 is 0 Å². The van der Waals surface area contributed by atoms with Crippen LogP contribution < -0.4 is 5.32 Å². The van der Waals surface area contributed by atoms with Gasteiger partial charge in [-0.15, -0.1) is 0 Å². The van der Waals surface area contributed by atoms with Gasteiger partial charge in [0.05, 0.1) is 0 Å². The lowest BCUT2D eigenvalue weighted by molar-refractivity contribution is 0.162. The summed E-state index contributed by atoms with van der Waals surface area (Å²) in [6.07, 6.45) is 3.63. The van der Waals surface area contributed by atoms with Crippen LogP contribution in [0.1, 0.15) is 41.0 Å². The summed E-state index contributed by atoms with van der Waals surface area (Å²) in [5.74, 6) is 1.47. The number of nitrogens with zero attached hydrogens (tertiary/aromatic N) is 1. The minimum atomic E-state index is 0.679. The van der Waals surface area contributed by atoms with Gasteiger partial charge in [-0.1, -0.05) is 39.3 Å². The summed E-state index contributed by atoms with van der Waals surface area (Å²) in [6, 6.07) is 0.679. The van der Waals surface area contributed by atoms with E-state index < -0.39 is 0 Å². The van der Waals surface area contributed by atoms with E-state index in [1.807, 2.05) is 0 Å². The van der Waals surface area contributed by atoms with Gasteiger partial charge in [-0.2, -0.15) is 0 Å². The van der Waals surface area contributed by atoms with Crippen LogP contribution in [0.3, 0.4) is 0 Å². The monoisotopic (exact) mass is 238 g/mol. The molecule has 0 aliphatic carbocycles. The zero-order chi connectivity index (χ0) is 12.8. The highest BCUT2D eigenvalue weighted by atomic mass is 15.2. The Morgan fingerprint density at radius 3 is 2.41 bits per heavy atom. The predicted octanol–water partition coefficient (Wildman–Crippen LogP) is 2.91. The molecular weight excluding hydrogens is 208 g/mol. The second-order valence-electron chi connectivity index (χ2n) is 6.16.